The molecular weight excluding hydrogens is 395 g/mol. The first-order chi connectivity index (χ1) is 15.0. The molecule has 3 rings (SSSR count). The molecule has 1 aliphatic rings. The Morgan fingerprint density at radius 1 is 1.19 bits per heavy atom. The van der Waals surface area contributed by atoms with Crippen LogP contribution in [-0.2, 0) is 6.54 Å². The van der Waals surface area contributed by atoms with Crippen molar-refractivity contribution < 1.29 is 9.13 Å². The van der Waals surface area contributed by atoms with Crippen molar-refractivity contribution in [3.63, 3.8) is 0 Å². The first kappa shape index (κ1) is 22.8. The zero-order valence-corrected chi connectivity index (χ0v) is 18.6. The van der Waals surface area contributed by atoms with Crippen LogP contribution in [0.4, 0.5) is 10.2 Å². The minimum atomic E-state index is -0.306. The average Bonchev–Trinajstić information content (AvgIpc) is 2.77. The van der Waals surface area contributed by atoms with E-state index < -0.39 is 0 Å². The van der Waals surface area contributed by atoms with Crippen LogP contribution >= 0.6 is 0 Å². The fraction of sp³-hybridized carbons (Fsp3) is 0.478. The number of nitrogens with zero attached hydrogens (tertiary/aromatic N) is 4. The molecule has 168 valence electrons. The van der Waals surface area contributed by atoms with E-state index in [1.54, 1.807) is 12.1 Å². The van der Waals surface area contributed by atoms with Crippen molar-refractivity contribution in [2.24, 2.45) is 4.99 Å². The van der Waals surface area contributed by atoms with Crippen LogP contribution in [-0.4, -0.2) is 68.3 Å². The van der Waals surface area contributed by atoms with Gasteiger partial charge < -0.3 is 25.2 Å². The van der Waals surface area contributed by atoms with Gasteiger partial charge in [-0.3, -0.25) is 0 Å². The first-order valence-corrected chi connectivity index (χ1v) is 10.9. The van der Waals surface area contributed by atoms with Gasteiger partial charge in [-0.15, -0.1) is 0 Å². The lowest BCUT2D eigenvalue weighted by Gasteiger charge is -2.33. The standard InChI is InChI=1S/C23H33FN6O/c1-4-25-23(27-15-18(2)31-21-7-5-6-20(24)14-21)28-17-19-8-9-22(26-16-19)30-12-10-29(3)11-13-30/h5-9,14,16,18H,4,10-13,15,17H2,1-3H3,(H2,25,27,28). The molecule has 1 unspecified atom stereocenters. The number of guanidine groups is 1. The van der Waals surface area contributed by atoms with E-state index in [9.17, 15) is 4.39 Å². The lowest BCUT2D eigenvalue weighted by Crippen LogP contribution is -2.44. The summed E-state index contributed by atoms with van der Waals surface area (Å²) in [7, 11) is 2.15. The largest absolute Gasteiger partial charge is 0.489 e. The minimum absolute atomic E-state index is 0.143. The Morgan fingerprint density at radius 2 is 2.00 bits per heavy atom. The molecule has 0 saturated carbocycles. The molecule has 0 aliphatic carbocycles. The Labute approximate surface area is 184 Å². The van der Waals surface area contributed by atoms with E-state index in [1.165, 1.54) is 12.1 Å². The maximum absolute atomic E-state index is 13.3. The highest BCUT2D eigenvalue weighted by molar-refractivity contribution is 5.79. The fourth-order valence-corrected chi connectivity index (χ4v) is 3.30. The normalized spacial score (nSPS) is 16.1. The number of piperazine rings is 1. The number of aliphatic imine (C=N–C) groups is 1. The van der Waals surface area contributed by atoms with Crippen LogP contribution in [0, 0.1) is 5.82 Å². The second-order valence-electron chi connectivity index (χ2n) is 7.78. The smallest absolute Gasteiger partial charge is 0.191 e. The SMILES string of the molecule is CCNC(=NCc1ccc(N2CCN(C)CC2)nc1)NCC(C)Oc1cccc(F)c1. The highest BCUT2D eigenvalue weighted by Gasteiger charge is 2.15. The topological polar surface area (TPSA) is 65.0 Å². The number of hydrogen-bond donors (Lipinski definition) is 2. The molecule has 0 radical (unpaired) electrons. The summed E-state index contributed by atoms with van der Waals surface area (Å²) in [6.45, 7) is 9.92. The Hall–Kier alpha value is -2.87. The van der Waals surface area contributed by atoms with Crippen molar-refractivity contribution >= 4 is 11.8 Å². The predicted molar refractivity (Wildman–Crippen MR) is 123 cm³/mol. The molecule has 2 heterocycles. The van der Waals surface area contributed by atoms with E-state index in [4.69, 9.17) is 4.74 Å². The van der Waals surface area contributed by atoms with E-state index in [0.29, 0.717) is 24.8 Å². The van der Waals surface area contributed by atoms with E-state index in [2.05, 4.69) is 49.6 Å². The van der Waals surface area contributed by atoms with Crippen molar-refractivity contribution in [1.29, 1.82) is 0 Å². The molecule has 8 heteroatoms. The Morgan fingerprint density at radius 3 is 2.68 bits per heavy atom. The van der Waals surface area contributed by atoms with Crippen molar-refractivity contribution in [3.05, 3.63) is 54.0 Å². The summed E-state index contributed by atoms with van der Waals surface area (Å²) in [5.41, 5.74) is 1.05. The van der Waals surface area contributed by atoms with Gasteiger partial charge in [0.25, 0.3) is 0 Å². The number of pyridine rings is 1. The summed E-state index contributed by atoms with van der Waals surface area (Å²) < 4.78 is 19.1. The van der Waals surface area contributed by atoms with Crippen LogP contribution in [0.1, 0.15) is 19.4 Å². The maximum Gasteiger partial charge on any atom is 0.191 e. The Kier molecular flexibility index (Phi) is 8.46. The van der Waals surface area contributed by atoms with Crippen molar-refractivity contribution in [2.45, 2.75) is 26.5 Å². The molecule has 0 amide bonds. The summed E-state index contributed by atoms with van der Waals surface area (Å²) >= 11 is 0. The molecule has 0 bridgehead atoms. The summed E-state index contributed by atoms with van der Waals surface area (Å²) in [5.74, 6) is 1.94. The molecule has 1 aromatic heterocycles. The van der Waals surface area contributed by atoms with E-state index in [-0.39, 0.29) is 11.9 Å². The Balaban J connectivity index is 1.50. The van der Waals surface area contributed by atoms with Gasteiger partial charge >= 0.3 is 0 Å². The van der Waals surface area contributed by atoms with Crippen LogP contribution in [0.25, 0.3) is 0 Å². The quantitative estimate of drug-likeness (QED) is 0.498. The molecule has 2 N–H and O–H groups in total. The van der Waals surface area contributed by atoms with Crippen molar-refractivity contribution in [3.8, 4) is 5.75 Å². The number of anilines is 1. The van der Waals surface area contributed by atoms with E-state index in [0.717, 1.165) is 44.1 Å². The molecule has 31 heavy (non-hydrogen) atoms. The molecule has 1 saturated heterocycles. The zero-order valence-electron chi connectivity index (χ0n) is 18.6. The van der Waals surface area contributed by atoms with Gasteiger partial charge in [-0.25, -0.2) is 14.4 Å². The minimum Gasteiger partial charge on any atom is -0.489 e. The van der Waals surface area contributed by atoms with Gasteiger partial charge in [-0.2, -0.15) is 0 Å². The summed E-state index contributed by atoms with van der Waals surface area (Å²) in [5, 5.41) is 6.52. The number of aromatic nitrogens is 1. The molecular formula is C23H33FN6O. The van der Waals surface area contributed by atoms with Gasteiger partial charge in [0.05, 0.1) is 13.1 Å². The van der Waals surface area contributed by atoms with Crippen molar-refractivity contribution in [1.82, 2.24) is 20.5 Å². The fourth-order valence-electron chi connectivity index (χ4n) is 3.30. The highest BCUT2D eigenvalue weighted by Crippen LogP contribution is 2.15. The van der Waals surface area contributed by atoms with Crippen LogP contribution < -0.4 is 20.3 Å². The molecule has 2 aromatic rings. The summed E-state index contributed by atoms with van der Waals surface area (Å²) in [4.78, 5) is 13.9. The van der Waals surface area contributed by atoms with Gasteiger partial charge in [0.2, 0.25) is 0 Å². The zero-order chi connectivity index (χ0) is 22.1. The number of nitrogens with one attached hydrogen (secondary N) is 2. The van der Waals surface area contributed by atoms with Crippen LogP contribution in [0.3, 0.4) is 0 Å². The third-order valence-corrected chi connectivity index (χ3v) is 5.09. The van der Waals surface area contributed by atoms with Crippen molar-refractivity contribution in [2.75, 3.05) is 51.2 Å². The van der Waals surface area contributed by atoms with Gasteiger partial charge in [0, 0.05) is 45.0 Å². The van der Waals surface area contributed by atoms with Gasteiger partial charge in [0.1, 0.15) is 23.5 Å². The molecule has 1 fully saturated rings. The number of hydrogen-bond acceptors (Lipinski definition) is 5. The highest BCUT2D eigenvalue weighted by atomic mass is 19.1. The third kappa shape index (κ3) is 7.40. The van der Waals surface area contributed by atoms with Gasteiger partial charge in [-0.1, -0.05) is 12.1 Å². The monoisotopic (exact) mass is 428 g/mol. The molecule has 1 aliphatic heterocycles. The summed E-state index contributed by atoms with van der Waals surface area (Å²) in [6.07, 6.45) is 1.76. The lowest BCUT2D eigenvalue weighted by atomic mass is 10.2. The lowest BCUT2D eigenvalue weighted by molar-refractivity contribution is 0.223. The van der Waals surface area contributed by atoms with Gasteiger partial charge in [0.15, 0.2) is 5.96 Å². The van der Waals surface area contributed by atoms with E-state index >= 15 is 0 Å². The third-order valence-electron chi connectivity index (χ3n) is 5.09. The number of benzene rings is 1. The first-order valence-electron chi connectivity index (χ1n) is 10.9. The predicted octanol–water partition coefficient (Wildman–Crippen LogP) is 2.50. The second kappa shape index (κ2) is 11.5. The number of likely N-dealkylation sites (N-methyl/N-ethyl adjacent to an activating group) is 1. The Bertz CT molecular complexity index is 836. The van der Waals surface area contributed by atoms with E-state index in [1.807, 2.05) is 20.0 Å². The van der Waals surface area contributed by atoms with Gasteiger partial charge in [-0.05, 0) is 44.7 Å². The molecule has 1 aromatic carbocycles. The number of ether oxygens (including phenoxy) is 1. The van der Waals surface area contributed by atoms with Crippen LogP contribution in [0.15, 0.2) is 47.6 Å². The van der Waals surface area contributed by atoms with Crippen LogP contribution in [0.2, 0.25) is 0 Å². The second-order valence-corrected chi connectivity index (χ2v) is 7.78. The average molecular weight is 429 g/mol. The van der Waals surface area contributed by atoms with Crippen LogP contribution in [0.5, 0.6) is 5.75 Å². The number of rotatable bonds is 8. The molecule has 1 atom stereocenters. The maximum atomic E-state index is 13.3. The molecule has 7 nitrogen and oxygen atoms in total. The molecule has 0 spiro atoms. The number of halogens is 1. The summed E-state index contributed by atoms with van der Waals surface area (Å²) in [6, 6.07) is 10.3.